The zero-order valence-electron chi connectivity index (χ0n) is 18.8. The fourth-order valence-corrected chi connectivity index (χ4v) is 6.00. The van der Waals surface area contributed by atoms with Crippen molar-refractivity contribution in [3.8, 4) is 0 Å². The fourth-order valence-electron chi connectivity index (χ4n) is 4.88. The van der Waals surface area contributed by atoms with E-state index in [1.807, 2.05) is 31.0 Å². The second kappa shape index (κ2) is 8.49. The third kappa shape index (κ3) is 4.02. The van der Waals surface area contributed by atoms with Gasteiger partial charge < -0.3 is 21.7 Å². The van der Waals surface area contributed by atoms with Gasteiger partial charge in [0.05, 0.1) is 12.4 Å². The number of anilines is 2. The van der Waals surface area contributed by atoms with Crippen LogP contribution in [0.5, 0.6) is 0 Å². The third-order valence-corrected chi connectivity index (χ3v) is 7.77. The van der Waals surface area contributed by atoms with Crippen molar-refractivity contribution in [1.29, 1.82) is 0 Å². The van der Waals surface area contributed by atoms with Crippen LogP contribution < -0.4 is 21.7 Å². The first-order chi connectivity index (χ1) is 15.8. The van der Waals surface area contributed by atoms with E-state index in [9.17, 15) is 9.18 Å². The summed E-state index contributed by atoms with van der Waals surface area (Å²) in [6, 6.07) is 1.77. The highest BCUT2D eigenvalue weighted by Gasteiger charge is 2.32. The van der Waals surface area contributed by atoms with Gasteiger partial charge in [-0.2, -0.15) is 0 Å². The van der Waals surface area contributed by atoms with E-state index in [1.165, 1.54) is 11.3 Å². The molecule has 1 saturated heterocycles. The number of aryl methyl sites for hydroxylation is 3. The number of hydrogen-bond acceptors (Lipinski definition) is 8. The van der Waals surface area contributed by atoms with Crippen molar-refractivity contribution in [3.63, 3.8) is 0 Å². The summed E-state index contributed by atoms with van der Waals surface area (Å²) in [5.74, 6) is 0.272. The Labute approximate surface area is 195 Å². The molecule has 3 atom stereocenters. The summed E-state index contributed by atoms with van der Waals surface area (Å²) < 4.78 is 13.1. The Hall–Kier alpha value is -2.85. The van der Waals surface area contributed by atoms with Gasteiger partial charge >= 0.3 is 0 Å². The molecule has 3 aromatic heterocycles. The van der Waals surface area contributed by atoms with E-state index in [1.54, 1.807) is 0 Å². The SMILES string of the molecule is Cc1cc(C)c2c(N)c(C(=O)NC3CCc4nc(N5CC(N)C(CF)C5)ncc4C3)sc2n1. The summed E-state index contributed by atoms with van der Waals surface area (Å²) in [5.41, 5.74) is 16.8. The van der Waals surface area contributed by atoms with Crippen molar-refractivity contribution < 1.29 is 9.18 Å². The van der Waals surface area contributed by atoms with Gasteiger partial charge in [-0.15, -0.1) is 11.3 Å². The molecular formula is C23H28FN7OS. The predicted octanol–water partition coefficient (Wildman–Crippen LogP) is 2.31. The lowest BCUT2D eigenvalue weighted by Gasteiger charge is -2.26. The minimum Gasteiger partial charge on any atom is -0.397 e. The lowest BCUT2D eigenvalue weighted by molar-refractivity contribution is 0.0938. The monoisotopic (exact) mass is 469 g/mol. The Morgan fingerprint density at radius 2 is 2.15 bits per heavy atom. The molecule has 2 aliphatic rings. The van der Waals surface area contributed by atoms with Crippen LogP contribution >= 0.6 is 11.3 Å². The molecule has 0 bridgehead atoms. The van der Waals surface area contributed by atoms with E-state index < -0.39 is 6.67 Å². The second-order valence-electron chi connectivity index (χ2n) is 9.14. The van der Waals surface area contributed by atoms with Crippen LogP contribution in [0.15, 0.2) is 12.3 Å². The number of aromatic nitrogens is 3. The Bertz CT molecular complexity index is 1230. The predicted molar refractivity (Wildman–Crippen MR) is 128 cm³/mol. The minimum absolute atomic E-state index is 0.0176. The standard InChI is InChI=1S/C23H28FN7OS/c1-11-5-12(2)28-22-18(11)19(26)20(33-22)21(32)29-15-3-4-17-13(6-15)8-27-23(30-17)31-9-14(7-24)16(25)10-31/h5,8,14-16H,3-4,6-7,9-10,25-26H2,1-2H3,(H,29,32). The van der Waals surface area contributed by atoms with E-state index in [-0.39, 0.29) is 23.9 Å². The van der Waals surface area contributed by atoms with Crippen molar-refractivity contribution in [3.05, 3.63) is 39.7 Å². The molecule has 8 nitrogen and oxygen atoms in total. The number of carbonyl (C=O) groups excluding carboxylic acids is 1. The van der Waals surface area contributed by atoms with Crippen molar-refractivity contribution in [2.45, 2.75) is 45.2 Å². The van der Waals surface area contributed by atoms with Crippen LogP contribution in [-0.2, 0) is 12.8 Å². The van der Waals surface area contributed by atoms with Crippen LogP contribution in [0.2, 0.25) is 0 Å². The zero-order valence-corrected chi connectivity index (χ0v) is 19.6. The maximum Gasteiger partial charge on any atom is 0.263 e. The van der Waals surface area contributed by atoms with Crippen molar-refractivity contribution in [2.75, 3.05) is 30.4 Å². The molecule has 3 aromatic rings. The van der Waals surface area contributed by atoms with Gasteiger partial charge in [-0.25, -0.2) is 15.0 Å². The average molecular weight is 470 g/mol. The number of pyridine rings is 1. The van der Waals surface area contributed by atoms with Gasteiger partial charge in [-0.1, -0.05) is 0 Å². The minimum atomic E-state index is -0.427. The highest BCUT2D eigenvalue weighted by molar-refractivity contribution is 7.21. The molecule has 4 heterocycles. The Kier molecular flexibility index (Phi) is 5.65. The lowest BCUT2D eigenvalue weighted by atomic mass is 9.93. The van der Waals surface area contributed by atoms with E-state index in [2.05, 4.69) is 15.3 Å². The fraction of sp³-hybridized carbons (Fsp3) is 0.478. The molecule has 174 valence electrons. The number of nitrogens with zero attached hydrogens (tertiary/aromatic N) is 4. The quantitative estimate of drug-likeness (QED) is 0.536. The maximum atomic E-state index is 13.1. The molecule has 1 fully saturated rings. The van der Waals surface area contributed by atoms with Crippen LogP contribution in [0.1, 0.15) is 38.6 Å². The third-order valence-electron chi connectivity index (χ3n) is 6.68. The number of hydrogen-bond donors (Lipinski definition) is 3. The van der Waals surface area contributed by atoms with Gasteiger partial charge in [0.2, 0.25) is 5.95 Å². The number of amides is 1. The molecule has 10 heteroatoms. The summed E-state index contributed by atoms with van der Waals surface area (Å²) in [4.78, 5) is 30.1. The van der Waals surface area contributed by atoms with E-state index in [0.29, 0.717) is 36.0 Å². The number of carbonyl (C=O) groups is 1. The maximum absolute atomic E-state index is 13.1. The Morgan fingerprint density at radius 3 is 2.91 bits per heavy atom. The van der Waals surface area contributed by atoms with Crippen LogP contribution in [-0.4, -0.2) is 52.7 Å². The molecule has 3 unspecified atom stereocenters. The number of nitrogens with two attached hydrogens (primary N) is 2. The molecule has 5 N–H and O–H groups in total. The lowest BCUT2D eigenvalue weighted by Crippen LogP contribution is -2.39. The van der Waals surface area contributed by atoms with Gasteiger partial charge in [-0.3, -0.25) is 9.18 Å². The average Bonchev–Trinajstić information content (AvgIpc) is 3.32. The first kappa shape index (κ1) is 22.0. The van der Waals surface area contributed by atoms with Crippen molar-refractivity contribution in [2.24, 2.45) is 11.7 Å². The summed E-state index contributed by atoms with van der Waals surface area (Å²) in [5, 5.41) is 4.00. The summed E-state index contributed by atoms with van der Waals surface area (Å²) in [6.45, 7) is 4.60. The summed E-state index contributed by atoms with van der Waals surface area (Å²) in [6.07, 6.45) is 4.01. The van der Waals surface area contributed by atoms with Gasteiger partial charge in [0.25, 0.3) is 5.91 Å². The number of nitrogen functional groups attached to an aromatic ring is 1. The topological polar surface area (TPSA) is 123 Å². The number of rotatable bonds is 4. The zero-order chi connectivity index (χ0) is 23.3. The van der Waals surface area contributed by atoms with Crippen molar-refractivity contribution >= 4 is 39.1 Å². The summed E-state index contributed by atoms with van der Waals surface area (Å²) in [7, 11) is 0. The second-order valence-corrected chi connectivity index (χ2v) is 10.1. The number of fused-ring (bicyclic) bond motifs is 2. The highest BCUT2D eigenvalue weighted by Crippen LogP contribution is 2.35. The molecule has 1 aliphatic heterocycles. The van der Waals surface area contributed by atoms with Gasteiger partial charge in [0, 0.05) is 54.1 Å². The number of alkyl halides is 1. The highest BCUT2D eigenvalue weighted by atomic mass is 32.1. The van der Waals surface area contributed by atoms with Crippen LogP contribution in [0, 0.1) is 19.8 Å². The van der Waals surface area contributed by atoms with Gasteiger partial charge in [0.1, 0.15) is 9.71 Å². The molecule has 0 radical (unpaired) electrons. The molecule has 1 aliphatic carbocycles. The summed E-state index contributed by atoms with van der Waals surface area (Å²) >= 11 is 1.34. The molecule has 5 rings (SSSR count). The first-order valence-corrected chi connectivity index (χ1v) is 12.0. The van der Waals surface area contributed by atoms with Crippen LogP contribution in [0.3, 0.4) is 0 Å². The van der Waals surface area contributed by atoms with E-state index in [4.69, 9.17) is 16.5 Å². The normalized spacial score (nSPS) is 22.5. The molecule has 0 aromatic carbocycles. The largest absolute Gasteiger partial charge is 0.397 e. The van der Waals surface area contributed by atoms with Gasteiger partial charge in [-0.05, 0) is 50.3 Å². The first-order valence-electron chi connectivity index (χ1n) is 11.2. The number of halogens is 1. The molecule has 1 amide bonds. The molecule has 33 heavy (non-hydrogen) atoms. The molecule has 0 spiro atoms. The van der Waals surface area contributed by atoms with Crippen LogP contribution in [0.25, 0.3) is 10.2 Å². The smallest absolute Gasteiger partial charge is 0.263 e. The van der Waals surface area contributed by atoms with Crippen LogP contribution in [0.4, 0.5) is 16.0 Å². The number of thiophene rings is 1. The molecular weight excluding hydrogens is 441 g/mol. The van der Waals surface area contributed by atoms with E-state index in [0.717, 1.165) is 45.6 Å². The Morgan fingerprint density at radius 1 is 1.33 bits per heavy atom. The number of nitrogens with one attached hydrogen (secondary N) is 1. The molecule has 0 saturated carbocycles. The van der Waals surface area contributed by atoms with Gasteiger partial charge in [0.15, 0.2) is 0 Å². The van der Waals surface area contributed by atoms with Crippen molar-refractivity contribution in [1.82, 2.24) is 20.3 Å². The van der Waals surface area contributed by atoms with E-state index >= 15 is 0 Å². The Balaban J connectivity index is 1.29.